The maximum absolute atomic E-state index is 5.98. The number of nitrogens with zero attached hydrogens (tertiary/aromatic N) is 3. The minimum atomic E-state index is 0.699. The fourth-order valence-corrected chi connectivity index (χ4v) is 2.61. The van der Waals surface area contributed by atoms with Gasteiger partial charge in [-0.25, -0.2) is 0 Å². The summed E-state index contributed by atoms with van der Waals surface area (Å²) in [4.78, 5) is 4.35. The van der Waals surface area contributed by atoms with Crippen molar-refractivity contribution in [3.8, 4) is 0 Å². The molecule has 21 heavy (non-hydrogen) atoms. The van der Waals surface area contributed by atoms with Gasteiger partial charge in [-0.15, -0.1) is 0 Å². The number of nitrogen functional groups attached to an aromatic ring is 1. The molecule has 0 saturated carbocycles. The predicted molar refractivity (Wildman–Crippen MR) is 86.2 cm³/mol. The van der Waals surface area contributed by atoms with Crippen molar-refractivity contribution in [2.45, 2.75) is 20.4 Å². The fourth-order valence-electron chi connectivity index (χ4n) is 2.61. The Morgan fingerprint density at radius 2 is 2.05 bits per heavy atom. The van der Waals surface area contributed by atoms with Gasteiger partial charge in [0.2, 0.25) is 0 Å². The first-order valence-electron chi connectivity index (χ1n) is 6.94. The second-order valence-corrected chi connectivity index (χ2v) is 5.23. The number of hydrogen-bond donors (Lipinski definition) is 2. The van der Waals surface area contributed by atoms with Crippen LogP contribution in [0.2, 0.25) is 0 Å². The highest BCUT2D eigenvalue weighted by Gasteiger charge is 2.10. The van der Waals surface area contributed by atoms with Gasteiger partial charge in [-0.2, -0.15) is 5.10 Å². The highest BCUT2D eigenvalue weighted by atomic mass is 15.3. The van der Waals surface area contributed by atoms with Crippen molar-refractivity contribution in [1.82, 2.24) is 14.8 Å². The van der Waals surface area contributed by atoms with E-state index in [1.165, 1.54) is 11.3 Å². The summed E-state index contributed by atoms with van der Waals surface area (Å²) < 4.78 is 1.91. The summed E-state index contributed by atoms with van der Waals surface area (Å²) in [6.07, 6.45) is 1.76. The summed E-state index contributed by atoms with van der Waals surface area (Å²) in [6.45, 7) is 4.85. The van der Waals surface area contributed by atoms with Crippen LogP contribution in [0.3, 0.4) is 0 Å². The number of nitrogens with one attached hydrogen (secondary N) is 1. The zero-order valence-corrected chi connectivity index (χ0v) is 12.5. The molecule has 3 rings (SSSR count). The lowest BCUT2D eigenvalue weighted by atomic mass is 10.1. The summed E-state index contributed by atoms with van der Waals surface area (Å²) in [6, 6.07) is 7.85. The minimum absolute atomic E-state index is 0.699. The first kappa shape index (κ1) is 13.4. The van der Waals surface area contributed by atoms with E-state index in [-0.39, 0.29) is 0 Å². The molecule has 0 atom stereocenters. The zero-order chi connectivity index (χ0) is 15.0. The number of pyridine rings is 1. The Labute approximate surface area is 123 Å². The van der Waals surface area contributed by atoms with Crippen molar-refractivity contribution in [1.29, 1.82) is 0 Å². The van der Waals surface area contributed by atoms with E-state index >= 15 is 0 Å². The molecule has 0 radical (unpaired) electrons. The first-order chi connectivity index (χ1) is 10.1. The van der Waals surface area contributed by atoms with Crippen LogP contribution < -0.4 is 11.1 Å². The Morgan fingerprint density at radius 1 is 1.24 bits per heavy atom. The molecule has 0 aliphatic heterocycles. The topological polar surface area (TPSA) is 68.8 Å². The molecule has 1 aromatic carbocycles. The van der Waals surface area contributed by atoms with Crippen LogP contribution in [-0.4, -0.2) is 14.8 Å². The highest BCUT2D eigenvalue weighted by Crippen LogP contribution is 2.27. The molecule has 0 fully saturated rings. The van der Waals surface area contributed by atoms with E-state index in [9.17, 15) is 0 Å². The molecule has 2 aromatic heterocycles. The summed E-state index contributed by atoms with van der Waals surface area (Å²) >= 11 is 0. The molecule has 2 heterocycles. The van der Waals surface area contributed by atoms with Crippen molar-refractivity contribution in [2.75, 3.05) is 11.1 Å². The van der Waals surface area contributed by atoms with E-state index in [2.05, 4.69) is 22.3 Å². The van der Waals surface area contributed by atoms with Crippen LogP contribution in [-0.2, 0) is 13.6 Å². The standard InChI is InChI=1S/C16H19N5/c1-10-13(11(2)21(3)20-10)9-19-15-7-6-14(17)16-12(15)5-4-8-18-16/h4-8,19H,9,17H2,1-3H3. The smallest absolute Gasteiger partial charge is 0.0951 e. The van der Waals surface area contributed by atoms with Gasteiger partial charge in [0.15, 0.2) is 0 Å². The lowest BCUT2D eigenvalue weighted by molar-refractivity contribution is 0.730. The maximum Gasteiger partial charge on any atom is 0.0951 e. The lowest BCUT2D eigenvalue weighted by Gasteiger charge is -2.11. The molecule has 3 aromatic rings. The Hall–Kier alpha value is -2.56. The van der Waals surface area contributed by atoms with Gasteiger partial charge in [0.25, 0.3) is 0 Å². The number of hydrogen-bond acceptors (Lipinski definition) is 4. The molecule has 108 valence electrons. The molecule has 3 N–H and O–H groups in total. The lowest BCUT2D eigenvalue weighted by Crippen LogP contribution is -2.03. The van der Waals surface area contributed by atoms with Crippen LogP contribution in [0.1, 0.15) is 17.0 Å². The first-order valence-corrected chi connectivity index (χ1v) is 6.94. The molecule has 0 aliphatic carbocycles. The van der Waals surface area contributed by atoms with Crippen LogP contribution in [0.4, 0.5) is 11.4 Å². The fraction of sp³-hybridized carbons (Fsp3) is 0.250. The van der Waals surface area contributed by atoms with Gasteiger partial charge >= 0.3 is 0 Å². The monoisotopic (exact) mass is 281 g/mol. The minimum Gasteiger partial charge on any atom is -0.397 e. The zero-order valence-electron chi connectivity index (χ0n) is 12.5. The molecule has 0 spiro atoms. The second kappa shape index (κ2) is 5.09. The van der Waals surface area contributed by atoms with Gasteiger partial charge in [-0.3, -0.25) is 9.67 Å². The van der Waals surface area contributed by atoms with E-state index in [4.69, 9.17) is 5.73 Å². The third-order valence-corrected chi connectivity index (χ3v) is 3.92. The number of aryl methyl sites for hydroxylation is 2. The summed E-state index contributed by atoms with van der Waals surface area (Å²) in [5.41, 5.74) is 12.0. The van der Waals surface area contributed by atoms with Crippen LogP contribution in [0, 0.1) is 13.8 Å². The van der Waals surface area contributed by atoms with Gasteiger partial charge in [0.05, 0.1) is 16.9 Å². The Morgan fingerprint density at radius 3 is 2.76 bits per heavy atom. The van der Waals surface area contributed by atoms with Crippen LogP contribution in [0.15, 0.2) is 30.5 Å². The van der Waals surface area contributed by atoms with Crippen molar-refractivity contribution in [3.05, 3.63) is 47.4 Å². The normalized spacial score (nSPS) is 11.0. The molecule has 0 amide bonds. The Balaban J connectivity index is 1.94. The summed E-state index contributed by atoms with van der Waals surface area (Å²) in [7, 11) is 1.97. The number of aromatic nitrogens is 3. The second-order valence-electron chi connectivity index (χ2n) is 5.23. The van der Waals surface area contributed by atoms with Gasteiger partial charge in [-0.05, 0) is 38.1 Å². The van der Waals surface area contributed by atoms with Gasteiger partial charge < -0.3 is 11.1 Å². The van der Waals surface area contributed by atoms with E-state index in [1.54, 1.807) is 6.20 Å². The molecule has 5 nitrogen and oxygen atoms in total. The van der Waals surface area contributed by atoms with Gasteiger partial charge in [0.1, 0.15) is 0 Å². The molecule has 0 unspecified atom stereocenters. The summed E-state index contributed by atoms with van der Waals surface area (Å²) in [5.74, 6) is 0. The molecule has 0 aliphatic rings. The number of rotatable bonds is 3. The third-order valence-electron chi connectivity index (χ3n) is 3.92. The number of benzene rings is 1. The van der Waals surface area contributed by atoms with Crippen molar-refractivity contribution in [2.24, 2.45) is 7.05 Å². The number of nitrogens with two attached hydrogens (primary N) is 1. The highest BCUT2D eigenvalue weighted by molar-refractivity contribution is 5.98. The van der Waals surface area contributed by atoms with Crippen molar-refractivity contribution < 1.29 is 0 Å². The van der Waals surface area contributed by atoms with Crippen LogP contribution >= 0.6 is 0 Å². The molecule has 0 saturated heterocycles. The molecule has 0 bridgehead atoms. The van der Waals surface area contributed by atoms with Gasteiger partial charge in [-0.1, -0.05) is 0 Å². The average molecular weight is 281 g/mol. The molecule has 5 heteroatoms. The molecular formula is C16H19N5. The maximum atomic E-state index is 5.98. The van der Waals surface area contributed by atoms with Gasteiger partial charge in [0, 0.05) is 42.1 Å². The van der Waals surface area contributed by atoms with Crippen LogP contribution in [0.5, 0.6) is 0 Å². The largest absolute Gasteiger partial charge is 0.397 e. The third kappa shape index (κ3) is 2.31. The SMILES string of the molecule is Cc1nn(C)c(C)c1CNc1ccc(N)c2ncccc12. The number of fused-ring (bicyclic) bond motifs is 1. The van der Waals surface area contributed by atoms with E-state index in [1.807, 2.05) is 42.9 Å². The Kier molecular flexibility index (Phi) is 3.25. The van der Waals surface area contributed by atoms with Crippen LogP contribution in [0.25, 0.3) is 10.9 Å². The average Bonchev–Trinajstić information content (AvgIpc) is 2.72. The summed E-state index contributed by atoms with van der Waals surface area (Å²) in [5, 5.41) is 8.96. The quantitative estimate of drug-likeness (QED) is 0.724. The molecular weight excluding hydrogens is 262 g/mol. The van der Waals surface area contributed by atoms with Crippen molar-refractivity contribution in [3.63, 3.8) is 0 Å². The van der Waals surface area contributed by atoms with E-state index < -0.39 is 0 Å². The van der Waals surface area contributed by atoms with Crippen molar-refractivity contribution >= 4 is 22.3 Å². The van der Waals surface area contributed by atoms with E-state index in [0.29, 0.717) is 5.69 Å². The predicted octanol–water partition coefficient (Wildman–Crippen LogP) is 2.78. The number of anilines is 2. The van der Waals surface area contributed by atoms with E-state index in [0.717, 1.165) is 28.8 Å². The Bertz CT molecular complexity index is 804.